The van der Waals surface area contributed by atoms with Gasteiger partial charge in [0, 0.05) is 16.7 Å². The van der Waals surface area contributed by atoms with E-state index in [0.717, 1.165) is 3.79 Å². The molecule has 0 spiro atoms. The van der Waals surface area contributed by atoms with Gasteiger partial charge in [0.05, 0.1) is 21.0 Å². The lowest BCUT2D eigenvalue weighted by Gasteiger charge is -2.28. The number of nitrogens with zero attached hydrogens (tertiary/aromatic N) is 1. The van der Waals surface area contributed by atoms with Gasteiger partial charge < -0.3 is 20.3 Å². The summed E-state index contributed by atoms with van der Waals surface area (Å²) >= 11 is 8.08. The number of carbonyl (C=O) groups excluding carboxylic acids is 3. The minimum atomic E-state index is -1.13. The van der Waals surface area contributed by atoms with E-state index in [4.69, 9.17) is 4.74 Å². The summed E-state index contributed by atoms with van der Waals surface area (Å²) in [7, 11) is 0. The van der Waals surface area contributed by atoms with Crippen LogP contribution in [0.1, 0.15) is 23.5 Å². The number of hydrogen-bond donors (Lipinski definition) is 2. The van der Waals surface area contributed by atoms with Crippen LogP contribution in [0.3, 0.4) is 0 Å². The van der Waals surface area contributed by atoms with E-state index in [-0.39, 0.29) is 24.3 Å². The maximum absolute atomic E-state index is 12.7. The molecule has 0 aliphatic carbocycles. The minimum Gasteiger partial charge on any atom is -0.370 e. The summed E-state index contributed by atoms with van der Waals surface area (Å²) in [6.07, 6.45) is 0. The first kappa shape index (κ1) is 21.9. The molecule has 1 aromatic carbocycles. The molecule has 1 fully saturated rings. The van der Waals surface area contributed by atoms with Crippen LogP contribution in [0.2, 0.25) is 0 Å². The number of ether oxygens (including phenoxy) is 1. The third-order valence-corrected chi connectivity index (χ3v) is 6.53. The standard InChI is InChI=1S/C19H19Br2N3O4S/c1-19(2,23-17(26)14-5-6-15(21)29-14)18(27)22-11-3-4-13(12(20)9-11)24-7-8-28-10-16(24)25/h3-6,9H,7-8,10H2,1-2H3,(H,22,27)(H,23,26). The van der Waals surface area contributed by atoms with E-state index in [2.05, 4.69) is 42.5 Å². The number of hydrogen-bond acceptors (Lipinski definition) is 5. The van der Waals surface area contributed by atoms with Crippen molar-refractivity contribution in [2.75, 3.05) is 30.0 Å². The molecule has 0 saturated carbocycles. The first-order valence-corrected chi connectivity index (χ1v) is 11.1. The zero-order chi connectivity index (χ0) is 21.2. The zero-order valence-corrected chi connectivity index (χ0v) is 19.7. The van der Waals surface area contributed by atoms with Crippen LogP contribution >= 0.6 is 43.2 Å². The van der Waals surface area contributed by atoms with Gasteiger partial charge in [-0.05, 0) is 76.0 Å². The molecule has 3 amide bonds. The number of anilines is 2. The molecular formula is C19H19Br2N3O4S. The van der Waals surface area contributed by atoms with Crippen molar-refractivity contribution >= 4 is 72.3 Å². The van der Waals surface area contributed by atoms with Crippen molar-refractivity contribution in [2.45, 2.75) is 19.4 Å². The highest BCUT2D eigenvalue weighted by atomic mass is 79.9. The molecule has 29 heavy (non-hydrogen) atoms. The second kappa shape index (κ2) is 8.95. The molecule has 2 aromatic rings. The van der Waals surface area contributed by atoms with Crippen LogP contribution in [-0.4, -0.2) is 43.0 Å². The molecule has 1 saturated heterocycles. The molecule has 1 aliphatic heterocycles. The van der Waals surface area contributed by atoms with E-state index in [9.17, 15) is 14.4 Å². The van der Waals surface area contributed by atoms with Crippen LogP contribution < -0.4 is 15.5 Å². The molecule has 1 aromatic heterocycles. The Morgan fingerprint density at radius 2 is 1.97 bits per heavy atom. The first-order valence-electron chi connectivity index (χ1n) is 8.74. The SMILES string of the molecule is CC(C)(NC(=O)c1ccc(Br)s1)C(=O)Nc1ccc(N2CCOCC2=O)c(Br)c1. The number of benzene rings is 1. The molecule has 7 nitrogen and oxygen atoms in total. The fraction of sp³-hybridized carbons (Fsp3) is 0.316. The molecule has 154 valence electrons. The Hall–Kier alpha value is -1.75. The van der Waals surface area contributed by atoms with Crippen molar-refractivity contribution in [3.05, 3.63) is 43.5 Å². The summed E-state index contributed by atoms with van der Waals surface area (Å²) in [6, 6.07) is 8.68. The minimum absolute atomic E-state index is 0.0552. The monoisotopic (exact) mass is 543 g/mol. The molecule has 0 unspecified atom stereocenters. The Morgan fingerprint density at radius 1 is 1.21 bits per heavy atom. The van der Waals surface area contributed by atoms with E-state index in [0.29, 0.717) is 33.9 Å². The molecule has 2 N–H and O–H groups in total. The van der Waals surface area contributed by atoms with Crippen molar-refractivity contribution in [3.8, 4) is 0 Å². The number of amides is 3. The Balaban J connectivity index is 1.68. The maximum atomic E-state index is 12.7. The summed E-state index contributed by atoms with van der Waals surface area (Å²) < 4.78 is 6.67. The van der Waals surface area contributed by atoms with Gasteiger partial charge in [0.25, 0.3) is 11.8 Å². The fourth-order valence-electron chi connectivity index (χ4n) is 2.70. The molecule has 0 bridgehead atoms. The molecular weight excluding hydrogens is 526 g/mol. The number of carbonyl (C=O) groups is 3. The van der Waals surface area contributed by atoms with Gasteiger partial charge in [-0.25, -0.2) is 0 Å². The molecule has 0 atom stereocenters. The Bertz CT molecular complexity index is 961. The highest BCUT2D eigenvalue weighted by Gasteiger charge is 2.30. The lowest BCUT2D eigenvalue weighted by molar-refractivity contribution is -0.125. The van der Waals surface area contributed by atoms with Crippen molar-refractivity contribution in [3.63, 3.8) is 0 Å². The van der Waals surface area contributed by atoms with Gasteiger partial charge in [-0.3, -0.25) is 14.4 Å². The smallest absolute Gasteiger partial charge is 0.262 e. The Kier molecular flexibility index (Phi) is 6.77. The van der Waals surface area contributed by atoms with Crippen LogP contribution in [0, 0.1) is 0 Å². The second-order valence-corrected chi connectivity index (χ2v) is 10.2. The van der Waals surface area contributed by atoms with Crippen LogP contribution in [0.4, 0.5) is 11.4 Å². The summed E-state index contributed by atoms with van der Waals surface area (Å²) in [5.74, 6) is -0.787. The average molecular weight is 545 g/mol. The third-order valence-electron chi connectivity index (χ3n) is 4.27. The number of rotatable bonds is 5. The van der Waals surface area contributed by atoms with Gasteiger partial charge in [-0.1, -0.05) is 0 Å². The van der Waals surface area contributed by atoms with Crippen LogP contribution in [0.5, 0.6) is 0 Å². The second-order valence-electron chi connectivity index (χ2n) is 6.90. The summed E-state index contributed by atoms with van der Waals surface area (Å²) in [5, 5.41) is 5.56. The topological polar surface area (TPSA) is 87.7 Å². The molecule has 0 radical (unpaired) electrons. The number of morpholine rings is 1. The fourth-order valence-corrected chi connectivity index (χ4v) is 4.58. The van der Waals surface area contributed by atoms with Gasteiger partial charge in [0.15, 0.2) is 0 Å². The lowest BCUT2D eigenvalue weighted by Crippen LogP contribution is -2.52. The summed E-state index contributed by atoms with van der Waals surface area (Å²) in [4.78, 5) is 39.3. The van der Waals surface area contributed by atoms with Crippen molar-refractivity contribution in [1.82, 2.24) is 5.32 Å². The Morgan fingerprint density at radius 3 is 2.59 bits per heavy atom. The van der Waals surface area contributed by atoms with Crippen molar-refractivity contribution < 1.29 is 19.1 Å². The molecule has 2 heterocycles. The largest absolute Gasteiger partial charge is 0.370 e. The van der Waals surface area contributed by atoms with E-state index < -0.39 is 5.54 Å². The first-order chi connectivity index (χ1) is 13.7. The maximum Gasteiger partial charge on any atom is 0.262 e. The molecule has 10 heteroatoms. The molecule has 3 rings (SSSR count). The van der Waals surface area contributed by atoms with E-state index >= 15 is 0 Å². The van der Waals surface area contributed by atoms with E-state index in [1.54, 1.807) is 49.1 Å². The average Bonchev–Trinajstić information content (AvgIpc) is 3.09. The van der Waals surface area contributed by atoms with E-state index in [1.165, 1.54) is 11.3 Å². The summed E-state index contributed by atoms with van der Waals surface area (Å²) in [5.41, 5.74) is 0.137. The summed E-state index contributed by atoms with van der Waals surface area (Å²) in [6.45, 7) is 4.28. The molecule has 1 aliphatic rings. The lowest BCUT2D eigenvalue weighted by atomic mass is 10.0. The highest BCUT2D eigenvalue weighted by molar-refractivity contribution is 9.11. The van der Waals surface area contributed by atoms with Gasteiger partial charge in [0.2, 0.25) is 5.91 Å². The van der Waals surface area contributed by atoms with Crippen LogP contribution in [0.15, 0.2) is 38.6 Å². The normalized spacial score (nSPS) is 14.6. The van der Waals surface area contributed by atoms with E-state index in [1.807, 2.05) is 0 Å². The van der Waals surface area contributed by atoms with Crippen LogP contribution in [0.25, 0.3) is 0 Å². The highest BCUT2D eigenvalue weighted by Crippen LogP contribution is 2.30. The van der Waals surface area contributed by atoms with Crippen molar-refractivity contribution in [2.24, 2.45) is 0 Å². The number of halogens is 2. The van der Waals surface area contributed by atoms with Gasteiger partial charge in [-0.15, -0.1) is 11.3 Å². The quantitative estimate of drug-likeness (QED) is 0.599. The van der Waals surface area contributed by atoms with Crippen LogP contribution in [-0.2, 0) is 14.3 Å². The van der Waals surface area contributed by atoms with Crippen molar-refractivity contribution in [1.29, 1.82) is 0 Å². The predicted molar refractivity (Wildman–Crippen MR) is 120 cm³/mol. The van der Waals surface area contributed by atoms with Gasteiger partial charge in [0.1, 0.15) is 12.1 Å². The zero-order valence-electron chi connectivity index (χ0n) is 15.8. The Labute approximate surface area is 189 Å². The number of nitrogens with one attached hydrogen (secondary N) is 2. The predicted octanol–water partition coefficient (Wildman–Crippen LogP) is 3.78. The number of thiophene rings is 1. The van der Waals surface area contributed by atoms with Gasteiger partial charge in [-0.2, -0.15) is 0 Å². The third kappa shape index (κ3) is 5.25. The van der Waals surface area contributed by atoms with Gasteiger partial charge >= 0.3 is 0 Å².